The van der Waals surface area contributed by atoms with Crippen LogP contribution < -0.4 is 10.6 Å². The molecule has 2 N–H and O–H groups in total. The molecule has 2 aromatic carbocycles. The number of benzene rings is 2. The highest BCUT2D eigenvalue weighted by Crippen LogP contribution is 2.17. The molecule has 0 aliphatic carbocycles. The fourth-order valence-electron chi connectivity index (χ4n) is 3.57. The lowest BCUT2D eigenvalue weighted by molar-refractivity contribution is -0.0292. The number of morpholine rings is 1. The summed E-state index contributed by atoms with van der Waals surface area (Å²) in [5, 5.41) is 9.42. The summed E-state index contributed by atoms with van der Waals surface area (Å²) in [5.41, 5.74) is 2.77. The second-order valence-corrected chi connectivity index (χ2v) is 8.22. The number of carbonyl (C=O) groups excluding carboxylic acids is 2. The highest BCUT2D eigenvalue weighted by atomic mass is 32.1. The van der Waals surface area contributed by atoms with E-state index in [2.05, 4.69) is 27.7 Å². The predicted molar refractivity (Wildman–Crippen MR) is 123 cm³/mol. The number of hydrogen-bond acceptors (Lipinski definition) is 5. The third-order valence-corrected chi connectivity index (χ3v) is 5.85. The van der Waals surface area contributed by atoms with Crippen LogP contribution in [-0.4, -0.2) is 49.1 Å². The van der Waals surface area contributed by atoms with Gasteiger partial charge in [0.15, 0.2) is 0 Å². The van der Waals surface area contributed by atoms with Gasteiger partial charge < -0.3 is 15.4 Å². The average molecular weight is 436 g/mol. The molecule has 0 saturated carbocycles. The fourth-order valence-corrected chi connectivity index (χ4v) is 4.21. The Morgan fingerprint density at radius 1 is 1.03 bits per heavy atom. The second kappa shape index (κ2) is 10.3. The normalized spacial score (nSPS) is 16.6. The van der Waals surface area contributed by atoms with E-state index in [1.807, 2.05) is 23.6 Å². The van der Waals surface area contributed by atoms with Crippen LogP contribution in [0.15, 0.2) is 71.4 Å². The number of para-hydroxylation sites is 1. The standard InChI is InChI=1S/C24H25N3O3S/c28-23(19-10-13-31-17-19)26-22-9-5-4-8-21(22)24(29)25-14-20-16-27(11-12-30-20)15-18-6-2-1-3-7-18/h1-10,13,17,20H,11-12,14-16H2,(H,25,29)(H,26,28). The number of amides is 2. The first-order valence-corrected chi connectivity index (χ1v) is 11.2. The van der Waals surface area contributed by atoms with Crippen LogP contribution in [-0.2, 0) is 11.3 Å². The summed E-state index contributed by atoms with van der Waals surface area (Å²) in [7, 11) is 0. The number of nitrogens with zero attached hydrogens (tertiary/aromatic N) is 1. The summed E-state index contributed by atoms with van der Waals surface area (Å²) in [6.07, 6.45) is -0.0750. The van der Waals surface area contributed by atoms with Gasteiger partial charge in [-0.05, 0) is 29.1 Å². The molecule has 2 heterocycles. The van der Waals surface area contributed by atoms with E-state index in [9.17, 15) is 9.59 Å². The molecular weight excluding hydrogens is 410 g/mol. The lowest BCUT2D eigenvalue weighted by atomic mass is 10.1. The van der Waals surface area contributed by atoms with Gasteiger partial charge in [0.05, 0.1) is 29.5 Å². The molecule has 1 fully saturated rings. The summed E-state index contributed by atoms with van der Waals surface area (Å²) in [6.45, 7) is 3.55. The Bertz CT molecular complexity index is 1010. The Morgan fingerprint density at radius 3 is 2.65 bits per heavy atom. The summed E-state index contributed by atoms with van der Waals surface area (Å²) in [5.74, 6) is -0.460. The molecule has 1 aromatic heterocycles. The molecule has 0 bridgehead atoms. The largest absolute Gasteiger partial charge is 0.374 e. The molecule has 1 unspecified atom stereocenters. The number of carbonyl (C=O) groups is 2. The molecule has 160 valence electrons. The van der Waals surface area contributed by atoms with Crippen LogP contribution in [0.4, 0.5) is 5.69 Å². The highest BCUT2D eigenvalue weighted by molar-refractivity contribution is 7.08. The van der Waals surface area contributed by atoms with Crippen LogP contribution in [0.5, 0.6) is 0 Å². The van der Waals surface area contributed by atoms with Gasteiger partial charge >= 0.3 is 0 Å². The molecule has 31 heavy (non-hydrogen) atoms. The number of ether oxygens (including phenoxy) is 1. The van der Waals surface area contributed by atoms with Crippen LogP contribution >= 0.6 is 11.3 Å². The second-order valence-electron chi connectivity index (χ2n) is 7.44. The summed E-state index contributed by atoms with van der Waals surface area (Å²) >= 11 is 1.46. The molecule has 1 atom stereocenters. The molecule has 7 heteroatoms. The molecule has 2 amide bonds. The number of anilines is 1. The van der Waals surface area contributed by atoms with E-state index in [0.717, 1.165) is 19.6 Å². The molecule has 0 radical (unpaired) electrons. The number of thiophene rings is 1. The molecule has 1 saturated heterocycles. The van der Waals surface area contributed by atoms with Crippen molar-refractivity contribution in [2.45, 2.75) is 12.6 Å². The summed E-state index contributed by atoms with van der Waals surface area (Å²) in [6, 6.07) is 19.1. The molecule has 4 rings (SSSR count). The lowest BCUT2D eigenvalue weighted by Gasteiger charge is -2.33. The van der Waals surface area contributed by atoms with E-state index in [1.165, 1.54) is 16.9 Å². The maximum atomic E-state index is 12.8. The van der Waals surface area contributed by atoms with Gasteiger partial charge in [-0.2, -0.15) is 11.3 Å². The Hall–Kier alpha value is -3.00. The van der Waals surface area contributed by atoms with Crippen molar-refractivity contribution in [1.29, 1.82) is 0 Å². The van der Waals surface area contributed by atoms with E-state index in [4.69, 9.17) is 4.74 Å². The van der Waals surface area contributed by atoms with Crippen molar-refractivity contribution in [1.82, 2.24) is 10.2 Å². The van der Waals surface area contributed by atoms with Crippen LogP contribution in [0.25, 0.3) is 0 Å². The van der Waals surface area contributed by atoms with Crippen molar-refractivity contribution in [3.05, 3.63) is 88.1 Å². The average Bonchev–Trinajstić information content (AvgIpc) is 3.34. The van der Waals surface area contributed by atoms with Crippen LogP contribution in [0.3, 0.4) is 0 Å². The zero-order chi connectivity index (χ0) is 21.5. The minimum Gasteiger partial charge on any atom is -0.374 e. The van der Waals surface area contributed by atoms with Gasteiger partial charge in [-0.1, -0.05) is 42.5 Å². The van der Waals surface area contributed by atoms with Crippen LogP contribution in [0, 0.1) is 0 Å². The first kappa shape index (κ1) is 21.2. The third kappa shape index (κ3) is 5.79. The van der Waals surface area contributed by atoms with Crippen molar-refractivity contribution in [3.8, 4) is 0 Å². The van der Waals surface area contributed by atoms with Crippen molar-refractivity contribution in [2.24, 2.45) is 0 Å². The van der Waals surface area contributed by atoms with Gasteiger partial charge in [0.2, 0.25) is 0 Å². The van der Waals surface area contributed by atoms with Gasteiger partial charge in [0.25, 0.3) is 11.8 Å². The Kier molecular flexibility index (Phi) is 7.09. The van der Waals surface area contributed by atoms with Gasteiger partial charge in [-0.15, -0.1) is 0 Å². The highest BCUT2D eigenvalue weighted by Gasteiger charge is 2.22. The SMILES string of the molecule is O=C(Nc1ccccc1C(=O)NCC1CN(Cc2ccccc2)CCO1)c1ccsc1. The Labute approximate surface area is 185 Å². The molecule has 1 aliphatic rings. The maximum absolute atomic E-state index is 12.8. The summed E-state index contributed by atoms with van der Waals surface area (Å²) < 4.78 is 5.85. The Morgan fingerprint density at radius 2 is 1.84 bits per heavy atom. The Balaban J connectivity index is 1.33. The zero-order valence-electron chi connectivity index (χ0n) is 17.1. The van der Waals surface area contributed by atoms with E-state index in [-0.39, 0.29) is 17.9 Å². The van der Waals surface area contributed by atoms with E-state index in [1.54, 1.807) is 35.7 Å². The zero-order valence-corrected chi connectivity index (χ0v) is 17.9. The first-order chi connectivity index (χ1) is 15.2. The summed E-state index contributed by atoms with van der Waals surface area (Å²) in [4.78, 5) is 27.5. The van der Waals surface area contributed by atoms with Crippen molar-refractivity contribution in [3.63, 3.8) is 0 Å². The topological polar surface area (TPSA) is 70.7 Å². The van der Waals surface area contributed by atoms with Gasteiger partial charge in [0, 0.05) is 31.6 Å². The third-order valence-electron chi connectivity index (χ3n) is 5.17. The van der Waals surface area contributed by atoms with Gasteiger partial charge in [-0.3, -0.25) is 14.5 Å². The van der Waals surface area contributed by atoms with Crippen molar-refractivity contribution in [2.75, 3.05) is 31.6 Å². The van der Waals surface area contributed by atoms with Crippen LogP contribution in [0.1, 0.15) is 26.3 Å². The monoisotopic (exact) mass is 435 g/mol. The first-order valence-electron chi connectivity index (χ1n) is 10.3. The van der Waals surface area contributed by atoms with E-state index >= 15 is 0 Å². The van der Waals surface area contributed by atoms with Gasteiger partial charge in [0.1, 0.15) is 0 Å². The van der Waals surface area contributed by atoms with Crippen LogP contribution in [0.2, 0.25) is 0 Å². The predicted octanol–water partition coefficient (Wildman–Crippen LogP) is 3.63. The number of hydrogen-bond donors (Lipinski definition) is 2. The minimum atomic E-state index is -0.231. The fraction of sp³-hybridized carbons (Fsp3) is 0.250. The number of rotatable bonds is 7. The molecular formula is C24H25N3O3S. The van der Waals surface area contributed by atoms with E-state index in [0.29, 0.717) is 30.0 Å². The lowest BCUT2D eigenvalue weighted by Crippen LogP contribution is -2.47. The molecule has 3 aromatic rings. The maximum Gasteiger partial charge on any atom is 0.256 e. The molecule has 1 aliphatic heterocycles. The molecule has 6 nitrogen and oxygen atoms in total. The van der Waals surface area contributed by atoms with Gasteiger partial charge in [-0.25, -0.2) is 0 Å². The quantitative estimate of drug-likeness (QED) is 0.595. The van der Waals surface area contributed by atoms with Crippen molar-refractivity contribution >= 4 is 28.8 Å². The smallest absolute Gasteiger partial charge is 0.256 e. The molecule has 0 spiro atoms. The van der Waals surface area contributed by atoms with E-state index < -0.39 is 0 Å². The minimum absolute atomic E-state index is 0.0750. The van der Waals surface area contributed by atoms with Crippen molar-refractivity contribution < 1.29 is 14.3 Å². The number of nitrogens with one attached hydrogen (secondary N) is 2.